The molecule has 1 aromatic heterocycles. The van der Waals surface area contributed by atoms with Gasteiger partial charge in [0.25, 0.3) is 0 Å². The number of carbonyl (C=O) groups is 2. The zero-order chi connectivity index (χ0) is 16.0. The van der Waals surface area contributed by atoms with E-state index in [1.165, 1.54) is 12.1 Å². The molecule has 1 heterocycles. The van der Waals surface area contributed by atoms with Crippen molar-refractivity contribution in [3.63, 3.8) is 0 Å². The van der Waals surface area contributed by atoms with Crippen molar-refractivity contribution in [3.8, 4) is 5.75 Å². The van der Waals surface area contributed by atoms with Gasteiger partial charge in [0, 0.05) is 12.1 Å². The van der Waals surface area contributed by atoms with Gasteiger partial charge in [-0.15, -0.1) is 0 Å². The summed E-state index contributed by atoms with van der Waals surface area (Å²) in [5, 5.41) is 17.9. The van der Waals surface area contributed by atoms with E-state index >= 15 is 0 Å². The van der Waals surface area contributed by atoms with E-state index in [-0.39, 0.29) is 23.2 Å². The van der Waals surface area contributed by atoms with Crippen LogP contribution in [0, 0.1) is 5.92 Å². The molecule has 0 aromatic carbocycles. The average molecular weight is 296 g/mol. The Kier molecular flexibility index (Phi) is 6.10. The number of ether oxygens (including phenoxy) is 1. The smallest absolute Gasteiger partial charge is 0.354 e. The molecule has 21 heavy (non-hydrogen) atoms. The summed E-state index contributed by atoms with van der Waals surface area (Å²) in [6.45, 7) is 4.48. The number of aromatic nitrogens is 1. The quantitative estimate of drug-likeness (QED) is 0.666. The zero-order valence-corrected chi connectivity index (χ0v) is 12.1. The van der Waals surface area contributed by atoms with Crippen molar-refractivity contribution in [2.45, 2.75) is 32.8 Å². The van der Waals surface area contributed by atoms with Gasteiger partial charge >= 0.3 is 11.9 Å². The van der Waals surface area contributed by atoms with Crippen LogP contribution < -0.4 is 10.5 Å². The van der Waals surface area contributed by atoms with Crippen molar-refractivity contribution in [1.82, 2.24) is 4.98 Å². The minimum Gasteiger partial charge on any atom is -0.491 e. The van der Waals surface area contributed by atoms with Crippen LogP contribution in [0.5, 0.6) is 5.75 Å². The van der Waals surface area contributed by atoms with Gasteiger partial charge < -0.3 is 20.7 Å². The average Bonchev–Trinajstić information content (AvgIpc) is 2.37. The van der Waals surface area contributed by atoms with Crippen LogP contribution >= 0.6 is 0 Å². The zero-order valence-electron chi connectivity index (χ0n) is 12.1. The van der Waals surface area contributed by atoms with Crippen LogP contribution in [0.3, 0.4) is 0 Å². The minimum atomic E-state index is -1.30. The summed E-state index contributed by atoms with van der Waals surface area (Å²) in [4.78, 5) is 25.4. The van der Waals surface area contributed by atoms with Gasteiger partial charge in [-0.05, 0) is 32.2 Å². The Morgan fingerprint density at radius 3 is 2.19 bits per heavy atom. The Bertz CT molecular complexity index is 486. The molecule has 2 atom stereocenters. The first-order chi connectivity index (χ1) is 9.83. The summed E-state index contributed by atoms with van der Waals surface area (Å²) < 4.78 is 5.61. The highest BCUT2D eigenvalue weighted by atomic mass is 16.5. The van der Waals surface area contributed by atoms with E-state index in [9.17, 15) is 9.59 Å². The molecular weight excluding hydrogens is 276 g/mol. The van der Waals surface area contributed by atoms with Crippen LogP contribution in [0.1, 0.15) is 47.7 Å². The third-order valence-corrected chi connectivity index (χ3v) is 2.97. The highest BCUT2D eigenvalue weighted by molar-refractivity contribution is 5.90. The summed E-state index contributed by atoms with van der Waals surface area (Å²) in [5.74, 6) is -2.05. The normalized spacial score (nSPS) is 13.5. The number of nitrogens with zero attached hydrogens (tertiary/aromatic N) is 1. The molecule has 0 fully saturated rings. The fourth-order valence-corrected chi connectivity index (χ4v) is 2.04. The molecule has 0 aliphatic heterocycles. The standard InChI is InChI=1S/C14H20N2O5/c1-8(3-4-15)5-9(2)21-10-6-11(13(17)18)16-12(7-10)14(19)20/h6-9H,3-5,15H2,1-2H3,(H,17,18)(H,19,20). The van der Waals surface area contributed by atoms with Crippen molar-refractivity contribution >= 4 is 11.9 Å². The minimum absolute atomic E-state index is 0.183. The molecule has 7 heteroatoms. The highest BCUT2D eigenvalue weighted by Crippen LogP contribution is 2.19. The fraction of sp³-hybridized carbons (Fsp3) is 0.500. The van der Waals surface area contributed by atoms with E-state index < -0.39 is 11.9 Å². The van der Waals surface area contributed by atoms with Crippen molar-refractivity contribution in [3.05, 3.63) is 23.5 Å². The highest BCUT2D eigenvalue weighted by Gasteiger charge is 2.16. The molecule has 0 saturated heterocycles. The lowest BCUT2D eigenvalue weighted by molar-refractivity contribution is 0.0682. The largest absolute Gasteiger partial charge is 0.491 e. The molecule has 0 amide bonds. The third kappa shape index (κ3) is 5.39. The number of hydrogen-bond donors (Lipinski definition) is 3. The molecule has 1 aromatic rings. The Morgan fingerprint density at radius 2 is 1.76 bits per heavy atom. The van der Waals surface area contributed by atoms with Gasteiger partial charge in [0.1, 0.15) is 5.75 Å². The number of pyridine rings is 1. The number of hydrogen-bond acceptors (Lipinski definition) is 5. The van der Waals surface area contributed by atoms with E-state index in [4.69, 9.17) is 20.7 Å². The van der Waals surface area contributed by atoms with Crippen LogP contribution in [0.15, 0.2) is 12.1 Å². The molecule has 1 rings (SSSR count). The van der Waals surface area contributed by atoms with E-state index in [0.29, 0.717) is 12.5 Å². The Labute approximate surface area is 122 Å². The van der Waals surface area contributed by atoms with Crippen LogP contribution in [0.4, 0.5) is 0 Å². The first kappa shape index (κ1) is 16.9. The second kappa shape index (κ2) is 7.58. The van der Waals surface area contributed by atoms with Gasteiger partial charge in [-0.25, -0.2) is 14.6 Å². The maximum absolute atomic E-state index is 11.0. The van der Waals surface area contributed by atoms with Crippen molar-refractivity contribution in [1.29, 1.82) is 0 Å². The number of aromatic carboxylic acids is 2. The van der Waals surface area contributed by atoms with E-state index in [1.807, 2.05) is 13.8 Å². The summed E-state index contributed by atoms with van der Waals surface area (Å²) in [6, 6.07) is 2.44. The lowest BCUT2D eigenvalue weighted by Gasteiger charge is -2.19. The maximum Gasteiger partial charge on any atom is 0.354 e. The fourth-order valence-electron chi connectivity index (χ4n) is 2.04. The van der Waals surface area contributed by atoms with Crippen LogP contribution in [0.2, 0.25) is 0 Å². The molecule has 0 spiro atoms. The summed E-state index contributed by atoms with van der Waals surface area (Å²) >= 11 is 0. The topological polar surface area (TPSA) is 123 Å². The van der Waals surface area contributed by atoms with Crippen molar-refractivity contribution in [2.75, 3.05) is 6.54 Å². The molecule has 0 saturated carbocycles. The molecule has 2 unspecified atom stereocenters. The predicted molar refractivity (Wildman–Crippen MR) is 75.7 cm³/mol. The second-order valence-electron chi connectivity index (χ2n) is 5.03. The molecule has 116 valence electrons. The van der Waals surface area contributed by atoms with Gasteiger partial charge in [-0.1, -0.05) is 6.92 Å². The van der Waals surface area contributed by atoms with Gasteiger partial charge in [0.2, 0.25) is 0 Å². The monoisotopic (exact) mass is 296 g/mol. The summed E-state index contributed by atoms with van der Waals surface area (Å²) in [7, 11) is 0. The van der Waals surface area contributed by atoms with Crippen LogP contribution in [0.25, 0.3) is 0 Å². The maximum atomic E-state index is 11.0. The Morgan fingerprint density at radius 1 is 1.24 bits per heavy atom. The van der Waals surface area contributed by atoms with E-state index in [1.54, 1.807) is 0 Å². The number of nitrogens with two attached hydrogens (primary N) is 1. The van der Waals surface area contributed by atoms with Gasteiger partial charge in [0.05, 0.1) is 6.10 Å². The number of carboxylic acids is 2. The third-order valence-electron chi connectivity index (χ3n) is 2.97. The Balaban J connectivity index is 2.86. The number of rotatable bonds is 8. The molecule has 4 N–H and O–H groups in total. The first-order valence-electron chi connectivity index (χ1n) is 6.68. The van der Waals surface area contributed by atoms with Crippen molar-refractivity contribution < 1.29 is 24.5 Å². The first-order valence-corrected chi connectivity index (χ1v) is 6.68. The van der Waals surface area contributed by atoms with Gasteiger partial charge in [-0.3, -0.25) is 0 Å². The summed E-state index contributed by atoms with van der Waals surface area (Å²) in [5.41, 5.74) is 4.78. The van der Waals surface area contributed by atoms with E-state index in [2.05, 4.69) is 4.98 Å². The van der Waals surface area contributed by atoms with Crippen LogP contribution in [-0.4, -0.2) is 39.8 Å². The number of carboxylic acid groups (broad SMARTS) is 2. The summed E-state index contributed by atoms with van der Waals surface area (Å²) in [6.07, 6.45) is 1.42. The van der Waals surface area contributed by atoms with Crippen LogP contribution in [-0.2, 0) is 0 Å². The lowest BCUT2D eigenvalue weighted by Crippen LogP contribution is -2.18. The van der Waals surface area contributed by atoms with Gasteiger partial charge in [0.15, 0.2) is 11.4 Å². The van der Waals surface area contributed by atoms with Crippen molar-refractivity contribution in [2.24, 2.45) is 11.7 Å². The molecule has 0 aliphatic rings. The molecule has 7 nitrogen and oxygen atoms in total. The lowest BCUT2D eigenvalue weighted by atomic mass is 10.0. The molecular formula is C14H20N2O5. The molecule has 0 radical (unpaired) electrons. The molecule has 0 bridgehead atoms. The SMILES string of the molecule is CC(CCN)CC(C)Oc1cc(C(=O)O)nc(C(=O)O)c1. The second-order valence-corrected chi connectivity index (χ2v) is 5.03. The Hall–Kier alpha value is -2.15. The van der Waals surface area contributed by atoms with E-state index in [0.717, 1.165) is 12.8 Å². The molecule has 0 aliphatic carbocycles. The van der Waals surface area contributed by atoms with Gasteiger partial charge in [-0.2, -0.15) is 0 Å². The predicted octanol–water partition coefficient (Wildman–Crippen LogP) is 1.62.